The van der Waals surface area contributed by atoms with E-state index in [0.717, 1.165) is 105 Å². The Morgan fingerprint density at radius 3 is 1.60 bits per heavy atom. The highest BCUT2D eigenvalue weighted by Crippen LogP contribution is 2.26. The van der Waals surface area contributed by atoms with Gasteiger partial charge in [0.25, 0.3) is 26.0 Å². The molecule has 0 saturated heterocycles. The summed E-state index contributed by atoms with van der Waals surface area (Å²) in [6.45, 7) is -0.600. The molecule has 0 radical (unpaired) electrons. The number of hydrogen-bond acceptors (Lipinski definition) is 7. The standard InChI is InChI=1S/C29H31F2N3O7S2/c30-21-8-12-26(13-9-21)42(37,38)33-24-16-20(17-25(18-24)34-43(39,40)27-14-10-22(31)11-15-27)29(36)41-19-28(35)32-23-6-4-2-1-3-5-7-23/h8-18,23,33-34H,1-7,19H2,(H,32,35). The maximum absolute atomic E-state index is 13.3. The molecule has 0 spiro atoms. The van der Waals surface area contributed by atoms with Gasteiger partial charge in [0.2, 0.25) is 0 Å². The van der Waals surface area contributed by atoms with Gasteiger partial charge in [-0.15, -0.1) is 0 Å². The number of carbonyl (C=O) groups excluding carboxylic acids is 2. The van der Waals surface area contributed by atoms with Gasteiger partial charge in [-0.05, 0) is 79.6 Å². The average Bonchev–Trinajstić information content (AvgIpc) is 2.93. The van der Waals surface area contributed by atoms with Crippen LogP contribution in [0.15, 0.2) is 76.5 Å². The molecule has 43 heavy (non-hydrogen) atoms. The molecule has 10 nitrogen and oxygen atoms in total. The number of sulfonamides is 2. The molecule has 14 heteroatoms. The summed E-state index contributed by atoms with van der Waals surface area (Å²) in [4.78, 5) is 24.9. The topological polar surface area (TPSA) is 148 Å². The van der Waals surface area contributed by atoms with Gasteiger partial charge in [0.05, 0.1) is 26.7 Å². The van der Waals surface area contributed by atoms with Crippen LogP contribution in [0.3, 0.4) is 0 Å². The van der Waals surface area contributed by atoms with Crippen molar-refractivity contribution in [3.8, 4) is 0 Å². The minimum absolute atomic E-state index is 0.0248. The Kier molecular flexibility index (Phi) is 10.3. The fourth-order valence-electron chi connectivity index (χ4n) is 4.60. The second-order valence-corrected chi connectivity index (χ2v) is 13.5. The zero-order valence-electron chi connectivity index (χ0n) is 23.0. The highest BCUT2D eigenvalue weighted by atomic mass is 32.2. The molecule has 230 valence electrons. The minimum Gasteiger partial charge on any atom is -0.452 e. The molecule has 0 aliphatic heterocycles. The molecule has 3 aromatic carbocycles. The maximum Gasteiger partial charge on any atom is 0.338 e. The zero-order valence-corrected chi connectivity index (χ0v) is 24.6. The van der Waals surface area contributed by atoms with Crippen LogP contribution in [0.2, 0.25) is 0 Å². The molecule has 3 aromatic rings. The highest BCUT2D eigenvalue weighted by Gasteiger charge is 2.21. The van der Waals surface area contributed by atoms with Gasteiger partial charge < -0.3 is 10.1 Å². The molecule has 1 saturated carbocycles. The van der Waals surface area contributed by atoms with Crippen LogP contribution in [0.4, 0.5) is 20.2 Å². The Balaban J connectivity index is 1.55. The van der Waals surface area contributed by atoms with E-state index in [-0.39, 0.29) is 32.8 Å². The molecular formula is C29H31F2N3O7S2. The molecule has 0 bridgehead atoms. The molecule has 0 atom stereocenters. The summed E-state index contributed by atoms with van der Waals surface area (Å²) in [5.41, 5.74) is -0.723. The second kappa shape index (κ2) is 14.0. The van der Waals surface area contributed by atoms with Gasteiger partial charge >= 0.3 is 5.97 Å². The number of halogens is 2. The van der Waals surface area contributed by atoms with Crippen molar-refractivity contribution in [1.82, 2.24) is 5.32 Å². The monoisotopic (exact) mass is 635 g/mol. The molecule has 0 heterocycles. The predicted molar refractivity (Wildman–Crippen MR) is 155 cm³/mol. The normalized spacial score (nSPS) is 14.7. The number of hydrogen-bond donors (Lipinski definition) is 3. The van der Waals surface area contributed by atoms with Crippen molar-refractivity contribution in [2.45, 2.75) is 60.8 Å². The lowest BCUT2D eigenvalue weighted by Gasteiger charge is -2.21. The first kappa shape index (κ1) is 31.9. The van der Waals surface area contributed by atoms with E-state index >= 15 is 0 Å². The molecule has 0 aromatic heterocycles. The van der Waals surface area contributed by atoms with E-state index in [1.165, 1.54) is 6.42 Å². The van der Waals surface area contributed by atoms with Crippen molar-refractivity contribution < 1.29 is 39.9 Å². The third-order valence-corrected chi connectivity index (χ3v) is 9.52. The average molecular weight is 636 g/mol. The largest absolute Gasteiger partial charge is 0.452 e. The summed E-state index contributed by atoms with van der Waals surface area (Å²) < 4.78 is 88.0. The van der Waals surface area contributed by atoms with Crippen LogP contribution in [-0.2, 0) is 29.6 Å². The molecule has 1 fully saturated rings. The van der Waals surface area contributed by atoms with Gasteiger partial charge in [0, 0.05) is 6.04 Å². The first-order valence-corrected chi connectivity index (χ1v) is 16.6. The minimum atomic E-state index is -4.29. The lowest BCUT2D eigenvalue weighted by Crippen LogP contribution is -2.38. The molecule has 1 amide bonds. The number of amides is 1. The number of esters is 1. The molecule has 4 rings (SSSR count). The van der Waals surface area contributed by atoms with E-state index < -0.39 is 50.2 Å². The maximum atomic E-state index is 13.3. The summed E-state index contributed by atoms with van der Waals surface area (Å²) in [6, 6.07) is 11.2. The number of rotatable bonds is 10. The number of benzene rings is 3. The van der Waals surface area contributed by atoms with Crippen molar-refractivity contribution in [2.24, 2.45) is 0 Å². The zero-order chi connectivity index (χ0) is 31.0. The lowest BCUT2D eigenvalue weighted by atomic mass is 9.97. The van der Waals surface area contributed by atoms with E-state index in [9.17, 15) is 35.2 Å². The van der Waals surface area contributed by atoms with E-state index in [4.69, 9.17) is 4.74 Å². The van der Waals surface area contributed by atoms with E-state index in [1.54, 1.807) is 0 Å². The smallest absolute Gasteiger partial charge is 0.338 e. The van der Waals surface area contributed by atoms with Gasteiger partial charge in [-0.25, -0.2) is 30.4 Å². The van der Waals surface area contributed by atoms with Gasteiger partial charge in [0.1, 0.15) is 11.6 Å². The Morgan fingerprint density at radius 2 is 1.14 bits per heavy atom. The Bertz CT molecular complexity index is 1560. The second-order valence-electron chi connectivity index (χ2n) is 10.1. The summed E-state index contributed by atoms with van der Waals surface area (Å²) in [5, 5.41) is 2.87. The molecule has 3 N–H and O–H groups in total. The third-order valence-electron chi connectivity index (χ3n) is 6.73. The van der Waals surface area contributed by atoms with Crippen molar-refractivity contribution >= 4 is 43.3 Å². The summed E-state index contributed by atoms with van der Waals surface area (Å²) in [7, 11) is -8.58. The number of anilines is 2. The Morgan fingerprint density at radius 1 is 0.698 bits per heavy atom. The van der Waals surface area contributed by atoms with Crippen molar-refractivity contribution in [3.63, 3.8) is 0 Å². The predicted octanol–water partition coefficient (Wildman–Crippen LogP) is 4.95. The van der Waals surface area contributed by atoms with Crippen molar-refractivity contribution in [2.75, 3.05) is 16.1 Å². The Hall–Kier alpha value is -4.04. The number of ether oxygens (including phenoxy) is 1. The van der Waals surface area contributed by atoms with Gasteiger partial charge in [-0.3, -0.25) is 14.2 Å². The van der Waals surface area contributed by atoms with Crippen LogP contribution >= 0.6 is 0 Å². The molecule has 0 unspecified atom stereocenters. The highest BCUT2D eigenvalue weighted by molar-refractivity contribution is 7.93. The first-order valence-electron chi connectivity index (χ1n) is 13.6. The Labute approximate surface area is 248 Å². The SMILES string of the molecule is O=C(COC(=O)c1cc(NS(=O)(=O)c2ccc(F)cc2)cc(NS(=O)(=O)c2ccc(F)cc2)c1)NC1CCCCCCC1. The van der Waals surface area contributed by atoms with Gasteiger partial charge in [-0.1, -0.05) is 32.1 Å². The fourth-order valence-corrected chi connectivity index (χ4v) is 6.68. The van der Waals surface area contributed by atoms with Crippen LogP contribution in [0.5, 0.6) is 0 Å². The van der Waals surface area contributed by atoms with E-state index in [2.05, 4.69) is 14.8 Å². The number of carbonyl (C=O) groups is 2. The van der Waals surface area contributed by atoms with Crippen molar-refractivity contribution in [1.29, 1.82) is 0 Å². The van der Waals surface area contributed by atoms with Crippen LogP contribution in [-0.4, -0.2) is 41.4 Å². The third kappa shape index (κ3) is 9.22. The lowest BCUT2D eigenvalue weighted by molar-refractivity contribution is -0.125. The molecule has 1 aliphatic rings. The van der Waals surface area contributed by atoms with Gasteiger partial charge in [0.15, 0.2) is 6.61 Å². The quantitative estimate of drug-likeness (QED) is 0.267. The van der Waals surface area contributed by atoms with Crippen molar-refractivity contribution in [3.05, 3.63) is 83.9 Å². The van der Waals surface area contributed by atoms with Crippen LogP contribution in [0.1, 0.15) is 55.3 Å². The first-order chi connectivity index (χ1) is 20.4. The fraction of sp³-hybridized carbons (Fsp3) is 0.310. The van der Waals surface area contributed by atoms with E-state index in [1.807, 2.05) is 0 Å². The molecule has 1 aliphatic carbocycles. The number of nitrogens with one attached hydrogen (secondary N) is 3. The van der Waals surface area contributed by atoms with Gasteiger partial charge in [-0.2, -0.15) is 0 Å². The summed E-state index contributed by atoms with van der Waals surface area (Å²) in [5.74, 6) is -2.82. The van der Waals surface area contributed by atoms with Crippen LogP contribution in [0.25, 0.3) is 0 Å². The van der Waals surface area contributed by atoms with Crippen LogP contribution < -0.4 is 14.8 Å². The van der Waals surface area contributed by atoms with Crippen LogP contribution in [0, 0.1) is 11.6 Å². The molecular weight excluding hydrogens is 604 g/mol. The van der Waals surface area contributed by atoms with E-state index in [0.29, 0.717) is 0 Å². The summed E-state index contributed by atoms with van der Waals surface area (Å²) >= 11 is 0. The summed E-state index contributed by atoms with van der Waals surface area (Å²) in [6.07, 6.45) is 6.98.